The van der Waals surface area contributed by atoms with Crippen LogP contribution in [0.1, 0.15) is 38.2 Å². The SMILES string of the molecule is CCCCC1=NN(C(=O)Cc2ccc(OC)c(OC)c2)[C@](O)(C(F)(F)F)C1. The number of ether oxygens (including phenoxy) is 2. The highest BCUT2D eigenvalue weighted by atomic mass is 19.4. The largest absolute Gasteiger partial charge is 0.493 e. The fourth-order valence-corrected chi connectivity index (χ4v) is 2.86. The van der Waals surface area contributed by atoms with Crippen LogP contribution >= 0.6 is 0 Å². The van der Waals surface area contributed by atoms with E-state index >= 15 is 0 Å². The molecular weight excluding hydrogens is 365 g/mol. The molecule has 1 aliphatic rings. The molecule has 0 unspecified atom stereocenters. The lowest BCUT2D eigenvalue weighted by molar-refractivity contribution is -0.302. The molecule has 0 fully saturated rings. The Morgan fingerprint density at radius 1 is 1.30 bits per heavy atom. The van der Waals surface area contributed by atoms with Crippen LogP contribution in [0.25, 0.3) is 0 Å². The molecule has 1 heterocycles. The molecule has 1 aromatic rings. The number of methoxy groups -OCH3 is 2. The quantitative estimate of drug-likeness (QED) is 0.778. The number of alkyl halides is 3. The van der Waals surface area contributed by atoms with Crippen LogP contribution in [0, 0.1) is 0 Å². The molecule has 1 amide bonds. The van der Waals surface area contributed by atoms with Crippen molar-refractivity contribution in [2.45, 2.75) is 50.9 Å². The number of hydrogen-bond donors (Lipinski definition) is 1. The highest BCUT2D eigenvalue weighted by Gasteiger charge is 2.62. The van der Waals surface area contributed by atoms with Gasteiger partial charge < -0.3 is 14.6 Å². The summed E-state index contributed by atoms with van der Waals surface area (Å²) in [5.41, 5.74) is -2.74. The van der Waals surface area contributed by atoms with Crippen LogP contribution < -0.4 is 9.47 Å². The highest BCUT2D eigenvalue weighted by Crippen LogP contribution is 2.41. The molecule has 0 aromatic heterocycles. The molecule has 0 saturated carbocycles. The van der Waals surface area contributed by atoms with E-state index in [0.29, 0.717) is 29.9 Å². The number of aliphatic hydroxyl groups is 1. The lowest BCUT2D eigenvalue weighted by atomic mass is 10.0. The van der Waals surface area contributed by atoms with Crippen LogP contribution in [-0.2, 0) is 11.2 Å². The summed E-state index contributed by atoms with van der Waals surface area (Å²) in [5, 5.41) is 14.2. The molecule has 2 rings (SSSR count). The molecule has 1 N–H and O–H groups in total. The van der Waals surface area contributed by atoms with Gasteiger partial charge in [-0.05, 0) is 30.5 Å². The number of amides is 1. The van der Waals surface area contributed by atoms with Crippen LogP contribution in [0.5, 0.6) is 11.5 Å². The van der Waals surface area contributed by atoms with Gasteiger partial charge in [-0.3, -0.25) is 4.79 Å². The van der Waals surface area contributed by atoms with Gasteiger partial charge in [0.1, 0.15) is 0 Å². The Kier molecular flexibility index (Phi) is 6.35. The molecule has 1 aromatic carbocycles. The fourth-order valence-electron chi connectivity index (χ4n) is 2.86. The van der Waals surface area contributed by atoms with Gasteiger partial charge in [0.15, 0.2) is 11.5 Å². The van der Waals surface area contributed by atoms with Gasteiger partial charge in [0.25, 0.3) is 5.72 Å². The average Bonchev–Trinajstić information content (AvgIpc) is 2.97. The van der Waals surface area contributed by atoms with Crippen molar-refractivity contribution in [3.05, 3.63) is 23.8 Å². The van der Waals surface area contributed by atoms with Crippen LogP contribution in [-0.4, -0.2) is 47.9 Å². The molecule has 0 radical (unpaired) electrons. The Labute approximate surface area is 155 Å². The van der Waals surface area contributed by atoms with Gasteiger partial charge in [-0.15, -0.1) is 0 Å². The molecule has 1 aliphatic heterocycles. The third kappa shape index (κ3) is 4.35. The van der Waals surface area contributed by atoms with Crippen LogP contribution in [0.15, 0.2) is 23.3 Å². The summed E-state index contributed by atoms with van der Waals surface area (Å²) in [7, 11) is 2.86. The zero-order chi connectivity index (χ0) is 20.2. The molecular formula is C18H23F3N2O4. The summed E-state index contributed by atoms with van der Waals surface area (Å²) in [6.45, 7) is 1.89. The maximum atomic E-state index is 13.5. The van der Waals surface area contributed by atoms with E-state index in [4.69, 9.17) is 9.47 Å². The second-order valence-electron chi connectivity index (χ2n) is 6.33. The van der Waals surface area contributed by atoms with Gasteiger partial charge in [0, 0.05) is 12.1 Å². The van der Waals surface area contributed by atoms with Crippen molar-refractivity contribution >= 4 is 11.6 Å². The number of nitrogens with zero attached hydrogens (tertiary/aromatic N) is 2. The van der Waals surface area contributed by atoms with Crippen molar-refractivity contribution in [2.24, 2.45) is 5.10 Å². The smallest absolute Gasteiger partial charge is 0.438 e. The fraction of sp³-hybridized carbons (Fsp3) is 0.556. The molecule has 0 bridgehead atoms. The van der Waals surface area contributed by atoms with Crippen molar-refractivity contribution in [1.29, 1.82) is 0 Å². The predicted molar refractivity (Wildman–Crippen MR) is 92.7 cm³/mol. The van der Waals surface area contributed by atoms with E-state index in [2.05, 4.69) is 5.10 Å². The molecule has 27 heavy (non-hydrogen) atoms. The van der Waals surface area contributed by atoms with E-state index in [9.17, 15) is 23.1 Å². The normalized spacial score (nSPS) is 19.8. The number of rotatable bonds is 7. The Morgan fingerprint density at radius 3 is 2.52 bits per heavy atom. The number of carbonyl (C=O) groups excluding carboxylic acids is 1. The van der Waals surface area contributed by atoms with Crippen molar-refractivity contribution in [1.82, 2.24) is 5.01 Å². The second-order valence-corrected chi connectivity index (χ2v) is 6.33. The maximum Gasteiger partial charge on any atom is 0.438 e. The summed E-state index contributed by atoms with van der Waals surface area (Å²) >= 11 is 0. The standard InChI is InChI=1S/C18H23F3N2O4/c1-4-5-6-13-11-17(25,18(19,20)21)23(22-13)16(24)10-12-7-8-14(26-2)15(9-12)27-3/h7-9,25H,4-6,10-11H2,1-3H3/t17-/m1/s1. The second kappa shape index (κ2) is 8.16. The highest BCUT2D eigenvalue weighted by molar-refractivity contribution is 5.91. The summed E-state index contributed by atoms with van der Waals surface area (Å²) < 4.78 is 50.6. The van der Waals surface area contributed by atoms with Gasteiger partial charge in [0.05, 0.1) is 20.6 Å². The first kappa shape index (κ1) is 21.0. The zero-order valence-electron chi connectivity index (χ0n) is 15.5. The van der Waals surface area contributed by atoms with Crippen LogP contribution in [0.4, 0.5) is 13.2 Å². The molecule has 1 atom stereocenters. The lowest BCUT2D eigenvalue weighted by Gasteiger charge is -2.32. The van der Waals surface area contributed by atoms with E-state index in [0.717, 1.165) is 6.42 Å². The third-order valence-electron chi connectivity index (χ3n) is 4.35. The van der Waals surface area contributed by atoms with Crippen molar-refractivity contribution in [3.63, 3.8) is 0 Å². The minimum Gasteiger partial charge on any atom is -0.493 e. The van der Waals surface area contributed by atoms with Gasteiger partial charge in [0.2, 0.25) is 5.91 Å². The molecule has 0 aliphatic carbocycles. The Balaban J connectivity index is 2.26. The summed E-state index contributed by atoms with van der Waals surface area (Å²) in [6.07, 6.45) is -4.42. The number of unbranched alkanes of at least 4 members (excludes halogenated alkanes) is 1. The van der Waals surface area contributed by atoms with Gasteiger partial charge in [-0.25, -0.2) is 0 Å². The number of hydrazone groups is 1. The van der Waals surface area contributed by atoms with Gasteiger partial charge in [-0.1, -0.05) is 19.4 Å². The Hall–Kier alpha value is -2.29. The first-order valence-corrected chi connectivity index (χ1v) is 8.55. The minimum absolute atomic E-state index is 0.164. The monoisotopic (exact) mass is 388 g/mol. The van der Waals surface area contributed by atoms with Gasteiger partial charge >= 0.3 is 6.18 Å². The van der Waals surface area contributed by atoms with Crippen LogP contribution in [0.3, 0.4) is 0 Å². The van der Waals surface area contributed by atoms with Crippen molar-refractivity contribution in [2.75, 3.05) is 14.2 Å². The lowest BCUT2D eigenvalue weighted by Crippen LogP contribution is -2.57. The van der Waals surface area contributed by atoms with E-state index in [1.807, 2.05) is 6.92 Å². The molecule has 0 saturated heterocycles. The first-order valence-electron chi connectivity index (χ1n) is 8.55. The Bertz CT molecular complexity index is 721. The van der Waals surface area contributed by atoms with E-state index in [1.54, 1.807) is 12.1 Å². The van der Waals surface area contributed by atoms with Crippen molar-refractivity contribution < 1.29 is 32.5 Å². The van der Waals surface area contributed by atoms with Crippen molar-refractivity contribution in [3.8, 4) is 11.5 Å². The number of benzene rings is 1. The topological polar surface area (TPSA) is 71.4 Å². The van der Waals surface area contributed by atoms with E-state index < -0.39 is 24.2 Å². The summed E-state index contributed by atoms with van der Waals surface area (Å²) in [6, 6.07) is 4.60. The maximum absolute atomic E-state index is 13.5. The average molecular weight is 388 g/mol. The number of halogens is 3. The predicted octanol–water partition coefficient (Wildman–Crippen LogP) is 3.28. The zero-order valence-corrected chi connectivity index (χ0v) is 15.5. The molecule has 0 spiro atoms. The summed E-state index contributed by atoms with van der Waals surface area (Å²) in [4.78, 5) is 12.5. The molecule has 9 heteroatoms. The van der Waals surface area contributed by atoms with Crippen LogP contribution in [0.2, 0.25) is 0 Å². The van der Waals surface area contributed by atoms with Gasteiger partial charge in [-0.2, -0.15) is 23.3 Å². The Morgan fingerprint density at radius 2 is 1.96 bits per heavy atom. The van der Waals surface area contributed by atoms with E-state index in [-0.39, 0.29) is 17.1 Å². The molecule has 6 nitrogen and oxygen atoms in total. The minimum atomic E-state index is -5.02. The van der Waals surface area contributed by atoms with E-state index in [1.165, 1.54) is 20.3 Å². The number of hydrogen-bond acceptors (Lipinski definition) is 5. The first-order chi connectivity index (χ1) is 12.7. The summed E-state index contributed by atoms with van der Waals surface area (Å²) in [5.74, 6) is -0.169. The molecule has 150 valence electrons. The number of carbonyl (C=O) groups is 1. The third-order valence-corrected chi connectivity index (χ3v) is 4.35.